The van der Waals surface area contributed by atoms with Crippen molar-refractivity contribution >= 4 is 10.9 Å². The maximum Gasteiger partial charge on any atom is 0.0457 e. The first-order chi connectivity index (χ1) is 8.69. The maximum atomic E-state index is 3.54. The van der Waals surface area contributed by atoms with Gasteiger partial charge in [-0.15, -0.1) is 0 Å². The summed E-state index contributed by atoms with van der Waals surface area (Å²) in [5, 5.41) is 4.92. The number of piperidine rings is 1. The van der Waals surface area contributed by atoms with Crippen LogP contribution in [0.3, 0.4) is 0 Å². The highest BCUT2D eigenvalue weighted by atomic mass is 14.9. The molecule has 1 unspecified atom stereocenters. The number of nitrogens with one attached hydrogen (secondary N) is 2. The summed E-state index contributed by atoms with van der Waals surface area (Å²) in [5.41, 5.74) is 2.95. The van der Waals surface area contributed by atoms with Crippen molar-refractivity contribution in [1.29, 1.82) is 0 Å². The molecule has 0 aliphatic carbocycles. The van der Waals surface area contributed by atoms with Crippen LogP contribution in [-0.2, 0) is 5.41 Å². The Hall–Kier alpha value is -1.28. The van der Waals surface area contributed by atoms with Gasteiger partial charge in [-0.3, -0.25) is 0 Å². The fraction of sp³-hybridized carbons (Fsp3) is 0.500. The minimum Gasteiger partial charge on any atom is -0.361 e. The van der Waals surface area contributed by atoms with Gasteiger partial charge in [0.15, 0.2) is 0 Å². The predicted molar refractivity (Wildman–Crippen MR) is 76.9 cm³/mol. The molecule has 1 aliphatic heterocycles. The van der Waals surface area contributed by atoms with Crippen molar-refractivity contribution in [2.45, 2.75) is 32.1 Å². The summed E-state index contributed by atoms with van der Waals surface area (Å²) in [4.78, 5) is 3.41. The summed E-state index contributed by atoms with van der Waals surface area (Å²) >= 11 is 0. The van der Waals surface area contributed by atoms with Crippen LogP contribution in [0.1, 0.15) is 32.3 Å². The van der Waals surface area contributed by atoms with Crippen molar-refractivity contribution in [1.82, 2.24) is 10.3 Å². The molecule has 2 heterocycles. The Bertz CT molecular complexity index is 533. The van der Waals surface area contributed by atoms with Crippen molar-refractivity contribution in [2.24, 2.45) is 5.92 Å². The Morgan fingerprint density at radius 1 is 1.22 bits per heavy atom. The summed E-state index contributed by atoms with van der Waals surface area (Å²) in [6.45, 7) is 7.10. The first-order valence-corrected chi connectivity index (χ1v) is 6.97. The molecule has 0 amide bonds. The van der Waals surface area contributed by atoms with E-state index in [0.717, 1.165) is 12.5 Å². The van der Waals surface area contributed by atoms with Crippen LogP contribution in [0.5, 0.6) is 0 Å². The maximum absolute atomic E-state index is 3.54. The third kappa shape index (κ3) is 1.85. The lowest BCUT2D eigenvalue weighted by Crippen LogP contribution is -2.40. The average molecular weight is 242 g/mol. The highest BCUT2D eigenvalue weighted by molar-refractivity contribution is 5.84. The molecule has 0 bridgehead atoms. The topological polar surface area (TPSA) is 27.8 Å². The fourth-order valence-corrected chi connectivity index (χ4v) is 3.29. The predicted octanol–water partition coefficient (Wildman–Crippen LogP) is 3.45. The first-order valence-electron chi connectivity index (χ1n) is 6.97. The second kappa shape index (κ2) is 4.43. The summed E-state index contributed by atoms with van der Waals surface area (Å²) in [7, 11) is 0. The molecule has 1 atom stereocenters. The van der Waals surface area contributed by atoms with Crippen LogP contribution in [0.4, 0.5) is 0 Å². The smallest absolute Gasteiger partial charge is 0.0457 e. The van der Waals surface area contributed by atoms with E-state index in [1.165, 1.54) is 35.9 Å². The Labute approximate surface area is 109 Å². The van der Waals surface area contributed by atoms with Crippen molar-refractivity contribution in [3.05, 3.63) is 36.0 Å². The zero-order valence-electron chi connectivity index (χ0n) is 11.3. The molecule has 3 rings (SSSR count). The largest absolute Gasteiger partial charge is 0.361 e. The van der Waals surface area contributed by atoms with Gasteiger partial charge in [0.2, 0.25) is 0 Å². The van der Waals surface area contributed by atoms with Crippen molar-refractivity contribution in [3.63, 3.8) is 0 Å². The third-order valence-corrected chi connectivity index (χ3v) is 4.60. The molecule has 0 saturated carbocycles. The van der Waals surface area contributed by atoms with Gasteiger partial charge in [0, 0.05) is 17.1 Å². The van der Waals surface area contributed by atoms with Gasteiger partial charge >= 0.3 is 0 Å². The summed E-state index contributed by atoms with van der Waals surface area (Å²) in [6.07, 6.45) is 4.84. The van der Waals surface area contributed by atoms with Crippen LogP contribution in [0, 0.1) is 5.92 Å². The number of benzene rings is 1. The number of aromatic amines is 1. The van der Waals surface area contributed by atoms with Gasteiger partial charge in [-0.25, -0.2) is 0 Å². The molecule has 2 heteroatoms. The number of para-hydroxylation sites is 1. The number of hydrogen-bond donors (Lipinski definition) is 2. The Kier molecular flexibility index (Phi) is 2.90. The molecule has 1 aromatic heterocycles. The van der Waals surface area contributed by atoms with E-state index in [9.17, 15) is 0 Å². The molecule has 1 aliphatic rings. The minimum atomic E-state index is 0.229. The molecule has 1 aromatic carbocycles. The van der Waals surface area contributed by atoms with E-state index in [4.69, 9.17) is 0 Å². The van der Waals surface area contributed by atoms with E-state index in [0.29, 0.717) is 0 Å². The van der Waals surface area contributed by atoms with Gasteiger partial charge in [-0.05, 0) is 48.9 Å². The lowest BCUT2D eigenvalue weighted by molar-refractivity contribution is 0.253. The molecule has 18 heavy (non-hydrogen) atoms. The average Bonchev–Trinajstić information content (AvgIpc) is 2.84. The first kappa shape index (κ1) is 11.8. The van der Waals surface area contributed by atoms with Gasteiger partial charge < -0.3 is 10.3 Å². The molecule has 2 aromatic rings. The lowest BCUT2D eigenvalue weighted by Gasteiger charge is -2.37. The van der Waals surface area contributed by atoms with Gasteiger partial charge in [0.1, 0.15) is 0 Å². The van der Waals surface area contributed by atoms with E-state index in [2.05, 4.69) is 54.6 Å². The zero-order valence-corrected chi connectivity index (χ0v) is 11.3. The molecular weight excluding hydrogens is 220 g/mol. The summed E-state index contributed by atoms with van der Waals surface area (Å²) < 4.78 is 0. The SMILES string of the molecule is CC(C)(c1c[nH]c2ccccc12)C1CCCNC1. The van der Waals surface area contributed by atoms with Crippen LogP contribution in [-0.4, -0.2) is 18.1 Å². The molecule has 1 fully saturated rings. The van der Waals surface area contributed by atoms with Crippen LogP contribution in [0.15, 0.2) is 30.5 Å². The number of fused-ring (bicyclic) bond motifs is 1. The minimum absolute atomic E-state index is 0.229. The van der Waals surface area contributed by atoms with Crippen molar-refractivity contribution in [3.8, 4) is 0 Å². The highest BCUT2D eigenvalue weighted by Crippen LogP contribution is 2.38. The van der Waals surface area contributed by atoms with Gasteiger partial charge in [0.25, 0.3) is 0 Å². The molecule has 0 radical (unpaired) electrons. The Balaban J connectivity index is 2.01. The van der Waals surface area contributed by atoms with Crippen LogP contribution < -0.4 is 5.32 Å². The number of H-pyrrole nitrogens is 1. The van der Waals surface area contributed by atoms with Crippen LogP contribution in [0.2, 0.25) is 0 Å². The molecule has 96 valence electrons. The quantitative estimate of drug-likeness (QED) is 0.829. The van der Waals surface area contributed by atoms with Crippen molar-refractivity contribution in [2.75, 3.05) is 13.1 Å². The van der Waals surface area contributed by atoms with E-state index < -0.39 is 0 Å². The van der Waals surface area contributed by atoms with E-state index in [1.807, 2.05) is 0 Å². The van der Waals surface area contributed by atoms with Gasteiger partial charge in [-0.2, -0.15) is 0 Å². The Morgan fingerprint density at radius 3 is 2.83 bits per heavy atom. The molecule has 2 nitrogen and oxygen atoms in total. The summed E-state index contributed by atoms with van der Waals surface area (Å²) in [5.74, 6) is 0.727. The molecule has 0 spiro atoms. The number of hydrogen-bond acceptors (Lipinski definition) is 1. The number of aromatic nitrogens is 1. The normalized spacial score (nSPS) is 21.3. The molecular formula is C16H22N2. The zero-order chi connectivity index (χ0) is 12.6. The standard InChI is InChI=1S/C16H22N2/c1-16(2,12-6-5-9-17-10-12)14-11-18-15-8-4-3-7-13(14)15/h3-4,7-8,11-12,17-18H,5-6,9-10H2,1-2H3. The second-order valence-electron chi connectivity index (χ2n) is 6.01. The van der Waals surface area contributed by atoms with Gasteiger partial charge in [-0.1, -0.05) is 32.0 Å². The third-order valence-electron chi connectivity index (χ3n) is 4.60. The monoisotopic (exact) mass is 242 g/mol. The van der Waals surface area contributed by atoms with E-state index in [-0.39, 0.29) is 5.41 Å². The highest BCUT2D eigenvalue weighted by Gasteiger charge is 2.33. The van der Waals surface area contributed by atoms with Crippen LogP contribution >= 0.6 is 0 Å². The lowest BCUT2D eigenvalue weighted by atomic mass is 9.70. The van der Waals surface area contributed by atoms with E-state index in [1.54, 1.807) is 0 Å². The van der Waals surface area contributed by atoms with Crippen molar-refractivity contribution < 1.29 is 0 Å². The van der Waals surface area contributed by atoms with E-state index >= 15 is 0 Å². The second-order valence-corrected chi connectivity index (χ2v) is 6.01. The summed E-state index contributed by atoms with van der Waals surface area (Å²) in [6, 6.07) is 8.62. The van der Waals surface area contributed by atoms with Gasteiger partial charge in [0.05, 0.1) is 0 Å². The molecule has 1 saturated heterocycles. The Morgan fingerprint density at radius 2 is 2.06 bits per heavy atom. The molecule has 2 N–H and O–H groups in total. The van der Waals surface area contributed by atoms with Crippen LogP contribution in [0.25, 0.3) is 10.9 Å². The number of rotatable bonds is 2. The fourth-order valence-electron chi connectivity index (χ4n) is 3.29.